The Balaban J connectivity index is 1.33. The van der Waals surface area contributed by atoms with E-state index in [2.05, 4.69) is 86.2 Å². The van der Waals surface area contributed by atoms with Crippen LogP contribution in [0.2, 0.25) is 0 Å². The Morgan fingerprint density at radius 3 is 1.16 bits per heavy atom. The van der Waals surface area contributed by atoms with Crippen molar-refractivity contribution in [2.45, 2.75) is 34.1 Å². The summed E-state index contributed by atoms with van der Waals surface area (Å²) < 4.78 is 0. The van der Waals surface area contributed by atoms with Gasteiger partial charge >= 0.3 is 0 Å². The predicted octanol–water partition coefficient (Wildman–Crippen LogP) is 9.64. The molecule has 4 nitrogen and oxygen atoms in total. The first-order chi connectivity index (χ1) is 22.0. The van der Waals surface area contributed by atoms with Crippen LogP contribution in [-0.2, 0) is 6.42 Å². The topological polar surface area (TPSA) is 50.5 Å². The van der Waals surface area contributed by atoms with Gasteiger partial charge < -0.3 is 0 Å². The fourth-order valence-electron chi connectivity index (χ4n) is 5.84. The largest absolute Gasteiger partial charge is 0.255 e. The highest BCUT2D eigenvalue weighted by Crippen LogP contribution is 2.31. The molecule has 0 spiro atoms. The monoisotopic (exact) mass is 584 g/mol. The van der Waals surface area contributed by atoms with Crippen LogP contribution in [0.5, 0.6) is 0 Å². The van der Waals surface area contributed by atoms with E-state index in [0.29, 0.717) is 0 Å². The van der Waals surface area contributed by atoms with Crippen molar-refractivity contribution in [3.05, 3.63) is 190 Å². The molecule has 4 heteroatoms. The first kappa shape index (κ1) is 29.6. The lowest BCUT2D eigenvalue weighted by molar-refractivity contribution is 1.14. The minimum atomic E-state index is 0.828. The highest BCUT2D eigenvalue weighted by molar-refractivity contribution is 6.13. The van der Waals surface area contributed by atoms with Crippen LogP contribution in [-0.4, -0.2) is 21.4 Å². The van der Waals surface area contributed by atoms with Crippen LogP contribution >= 0.6 is 0 Å². The summed E-state index contributed by atoms with van der Waals surface area (Å²) in [5.74, 6) is 0. The van der Waals surface area contributed by atoms with Crippen LogP contribution < -0.4 is 0 Å². The number of benzene rings is 4. The third-order valence-corrected chi connectivity index (χ3v) is 7.87. The zero-order valence-corrected chi connectivity index (χ0v) is 26.2. The van der Waals surface area contributed by atoms with Crippen molar-refractivity contribution in [3.8, 4) is 0 Å². The zero-order valence-electron chi connectivity index (χ0n) is 26.2. The fraction of sp³-hybridized carbons (Fsp3) is 0.122. The first-order valence-electron chi connectivity index (χ1n) is 15.3. The van der Waals surface area contributed by atoms with Gasteiger partial charge in [-0.05, 0) is 91.8 Å². The number of hydrogen-bond acceptors (Lipinski definition) is 4. The van der Waals surface area contributed by atoms with Gasteiger partial charge in [0.05, 0.1) is 34.2 Å². The van der Waals surface area contributed by atoms with Crippen molar-refractivity contribution in [2.24, 2.45) is 9.98 Å². The van der Waals surface area contributed by atoms with Gasteiger partial charge in [-0.2, -0.15) is 0 Å². The fourth-order valence-corrected chi connectivity index (χ4v) is 5.84. The van der Waals surface area contributed by atoms with Crippen LogP contribution in [0.1, 0.15) is 55.9 Å². The number of aliphatic imine (C=N–C) groups is 2. The summed E-state index contributed by atoms with van der Waals surface area (Å²) in [6.07, 6.45) is 4.46. The molecule has 0 atom stereocenters. The number of aromatic nitrogens is 2. The summed E-state index contributed by atoms with van der Waals surface area (Å²) in [7, 11) is 0. The minimum Gasteiger partial charge on any atom is -0.255 e. The molecule has 0 saturated heterocycles. The van der Waals surface area contributed by atoms with Gasteiger partial charge in [-0.25, -0.2) is 9.98 Å². The second-order valence-corrected chi connectivity index (χ2v) is 11.4. The molecule has 0 saturated carbocycles. The Bertz CT molecular complexity index is 1700. The number of rotatable bonds is 8. The Labute approximate surface area is 266 Å². The van der Waals surface area contributed by atoms with Crippen LogP contribution in [0.3, 0.4) is 0 Å². The molecule has 6 aromatic rings. The van der Waals surface area contributed by atoms with E-state index in [1.807, 2.05) is 85.2 Å². The van der Waals surface area contributed by atoms with Gasteiger partial charge in [0.2, 0.25) is 0 Å². The highest BCUT2D eigenvalue weighted by Gasteiger charge is 2.14. The second-order valence-electron chi connectivity index (χ2n) is 11.4. The van der Waals surface area contributed by atoms with Gasteiger partial charge in [0.25, 0.3) is 0 Å². The van der Waals surface area contributed by atoms with E-state index in [0.717, 1.165) is 74.0 Å². The van der Waals surface area contributed by atoms with Crippen LogP contribution in [0, 0.1) is 27.7 Å². The maximum Gasteiger partial charge on any atom is 0.0965 e. The van der Waals surface area contributed by atoms with Crippen molar-refractivity contribution in [1.29, 1.82) is 0 Å². The van der Waals surface area contributed by atoms with Gasteiger partial charge in [0.1, 0.15) is 0 Å². The molecule has 0 N–H and O–H groups in total. The standard InChI is InChI=1S/C41H36N4/c1-28-23-32(24-29(2)38(28)44-40(34-15-7-5-8-16-34)36-19-11-13-21-42-36)27-33-25-30(3)39(31(4)26-33)45-41(35-17-9-6-10-18-35)37-20-12-14-22-43-37/h5-26H,27H2,1-4H3. The van der Waals surface area contributed by atoms with Crippen LogP contribution in [0.25, 0.3) is 0 Å². The lowest BCUT2D eigenvalue weighted by Crippen LogP contribution is -2.06. The van der Waals surface area contributed by atoms with Crippen molar-refractivity contribution in [3.63, 3.8) is 0 Å². The molecule has 0 amide bonds. The van der Waals surface area contributed by atoms with E-state index >= 15 is 0 Å². The molecule has 0 radical (unpaired) electrons. The lowest BCUT2D eigenvalue weighted by Gasteiger charge is -2.14. The van der Waals surface area contributed by atoms with E-state index in [4.69, 9.17) is 9.98 Å². The smallest absolute Gasteiger partial charge is 0.0965 e. The second kappa shape index (κ2) is 13.4. The molecule has 6 rings (SSSR count). The third kappa shape index (κ3) is 6.86. The van der Waals surface area contributed by atoms with E-state index < -0.39 is 0 Å². The average Bonchev–Trinajstić information content (AvgIpc) is 3.06. The number of hydrogen-bond donors (Lipinski definition) is 0. The molecular weight excluding hydrogens is 548 g/mol. The zero-order chi connectivity index (χ0) is 31.2. The van der Waals surface area contributed by atoms with Gasteiger partial charge in [0.15, 0.2) is 0 Å². The van der Waals surface area contributed by atoms with Crippen LogP contribution in [0.4, 0.5) is 11.4 Å². The van der Waals surface area contributed by atoms with Crippen molar-refractivity contribution in [1.82, 2.24) is 9.97 Å². The maximum absolute atomic E-state index is 5.20. The molecule has 2 heterocycles. The summed E-state index contributed by atoms with van der Waals surface area (Å²) >= 11 is 0. The normalized spacial score (nSPS) is 11.9. The summed E-state index contributed by atoms with van der Waals surface area (Å²) in [5, 5.41) is 0. The molecule has 2 aromatic heterocycles. The Morgan fingerprint density at radius 2 is 0.822 bits per heavy atom. The third-order valence-electron chi connectivity index (χ3n) is 7.87. The first-order valence-corrected chi connectivity index (χ1v) is 15.3. The molecule has 0 fully saturated rings. The van der Waals surface area contributed by atoms with E-state index in [1.165, 1.54) is 11.1 Å². The quantitative estimate of drug-likeness (QED) is 0.167. The Hall–Kier alpha value is -5.48. The Morgan fingerprint density at radius 1 is 0.467 bits per heavy atom. The van der Waals surface area contributed by atoms with Gasteiger partial charge in [0, 0.05) is 23.5 Å². The SMILES string of the molecule is Cc1cc(Cc2cc(C)c(N=C(c3ccccc3)c3ccccn3)c(C)c2)cc(C)c1N=C(c1ccccc1)c1ccccn1. The molecule has 0 aliphatic carbocycles. The summed E-state index contributed by atoms with van der Waals surface area (Å²) in [6, 6.07) is 41.5. The van der Waals surface area contributed by atoms with Gasteiger partial charge in [-0.15, -0.1) is 0 Å². The molecule has 0 bridgehead atoms. The van der Waals surface area contributed by atoms with E-state index in [1.54, 1.807) is 0 Å². The molecule has 0 aliphatic rings. The maximum atomic E-state index is 5.20. The molecule has 0 aliphatic heterocycles. The summed E-state index contributed by atoms with van der Waals surface area (Å²) in [4.78, 5) is 19.6. The summed E-state index contributed by atoms with van der Waals surface area (Å²) in [6.45, 7) is 8.58. The van der Waals surface area contributed by atoms with E-state index in [9.17, 15) is 0 Å². The Kier molecular flexibility index (Phi) is 8.84. The molecular formula is C41H36N4. The van der Waals surface area contributed by atoms with E-state index in [-0.39, 0.29) is 0 Å². The number of pyridine rings is 2. The minimum absolute atomic E-state index is 0.828. The highest BCUT2D eigenvalue weighted by atomic mass is 14.8. The van der Waals surface area contributed by atoms with Crippen LogP contribution in [0.15, 0.2) is 144 Å². The van der Waals surface area contributed by atoms with Crippen molar-refractivity contribution in [2.75, 3.05) is 0 Å². The van der Waals surface area contributed by atoms with Crippen molar-refractivity contribution < 1.29 is 0 Å². The van der Waals surface area contributed by atoms with Gasteiger partial charge in [-0.1, -0.05) is 97.1 Å². The van der Waals surface area contributed by atoms with Gasteiger partial charge in [-0.3, -0.25) is 9.97 Å². The predicted molar refractivity (Wildman–Crippen MR) is 187 cm³/mol. The summed E-state index contributed by atoms with van der Waals surface area (Å²) in [5.41, 5.74) is 14.6. The lowest BCUT2D eigenvalue weighted by atomic mass is 9.96. The number of nitrogens with zero attached hydrogens (tertiary/aromatic N) is 4. The molecule has 220 valence electrons. The van der Waals surface area contributed by atoms with Crippen molar-refractivity contribution >= 4 is 22.8 Å². The molecule has 45 heavy (non-hydrogen) atoms. The molecule has 0 unspecified atom stereocenters. The number of aryl methyl sites for hydroxylation is 4. The molecule has 4 aromatic carbocycles. The average molecular weight is 585 g/mol.